The summed E-state index contributed by atoms with van der Waals surface area (Å²) in [7, 11) is -3.72. The number of hydrogen-bond donors (Lipinski definition) is 3. The predicted octanol–water partition coefficient (Wildman–Crippen LogP) is 4.82. The third-order valence-electron chi connectivity index (χ3n) is 4.62. The summed E-state index contributed by atoms with van der Waals surface area (Å²) in [5.41, 5.74) is 1.71. The van der Waals surface area contributed by atoms with Crippen molar-refractivity contribution < 1.29 is 18.6 Å². The zero-order valence-corrected chi connectivity index (χ0v) is 19.5. The maximum Gasteiger partial charge on any atom is 0.206 e. The van der Waals surface area contributed by atoms with Gasteiger partial charge in [0.15, 0.2) is 0 Å². The number of phenolic OH excluding ortho intramolecular Hbond substituents is 1. The van der Waals surface area contributed by atoms with E-state index in [0.717, 1.165) is 11.1 Å². The molecule has 1 atom stereocenters. The first-order valence-corrected chi connectivity index (χ1v) is 11.5. The van der Waals surface area contributed by atoms with E-state index in [0.29, 0.717) is 24.5 Å². The average Bonchev–Trinajstić information content (AvgIpc) is 2.73. The zero-order chi connectivity index (χ0) is 21.7. The van der Waals surface area contributed by atoms with Crippen molar-refractivity contribution in [2.45, 2.75) is 22.3 Å². The SMILES string of the molecule is Cl.O=S(=O)(c1ccc(CCNC[C@H](O)c2cccc(Cl)c2)cc1)c1ccc(O)c(Cl)c1. The van der Waals surface area contributed by atoms with Gasteiger partial charge in [0, 0.05) is 11.6 Å². The molecule has 0 heterocycles. The molecule has 0 spiro atoms. The first-order valence-electron chi connectivity index (χ1n) is 9.24. The molecule has 0 aliphatic rings. The molecule has 0 aliphatic carbocycles. The van der Waals surface area contributed by atoms with Crippen molar-refractivity contribution in [1.29, 1.82) is 0 Å². The summed E-state index contributed by atoms with van der Waals surface area (Å²) in [5, 5.41) is 23.4. The van der Waals surface area contributed by atoms with Crippen molar-refractivity contribution in [3.63, 3.8) is 0 Å². The molecule has 0 radical (unpaired) electrons. The lowest BCUT2D eigenvalue weighted by Gasteiger charge is -2.13. The number of rotatable bonds is 8. The highest BCUT2D eigenvalue weighted by Crippen LogP contribution is 2.29. The lowest BCUT2D eigenvalue weighted by atomic mass is 10.1. The maximum atomic E-state index is 12.7. The van der Waals surface area contributed by atoms with Gasteiger partial charge in [-0.05, 0) is 66.6 Å². The summed E-state index contributed by atoms with van der Waals surface area (Å²) >= 11 is 11.8. The van der Waals surface area contributed by atoms with Crippen LogP contribution in [0.15, 0.2) is 76.5 Å². The minimum Gasteiger partial charge on any atom is -0.506 e. The zero-order valence-electron chi connectivity index (χ0n) is 16.3. The maximum absolute atomic E-state index is 12.7. The van der Waals surface area contributed by atoms with E-state index in [2.05, 4.69) is 5.32 Å². The van der Waals surface area contributed by atoms with Crippen molar-refractivity contribution >= 4 is 45.4 Å². The summed E-state index contributed by atoms with van der Waals surface area (Å²) < 4.78 is 25.4. The van der Waals surface area contributed by atoms with E-state index in [4.69, 9.17) is 23.2 Å². The van der Waals surface area contributed by atoms with Crippen LogP contribution in [0, 0.1) is 0 Å². The van der Waals surface area contributed by atoms with Crippen LogP contribution in [0.5, 0.6) is 5.75 Å². The molecule has 3 aromatic carbocycles. The Kier molecular flexibility index (Phi) is 9.18. The molecule has 3 rings (SSSR count). The number of phenols is 1. The molecular weight excluding hydrogens is 481 g/mol. The molecule has 0 fully saturated rings. The number of benzene rings is 3. The number of sulfone groups is 1. The molecule has 0 aromatic heterocycles. The second-order valence-electron chi connectivity index (χ2n) is 6.79. The van der Waals surface area contributed by atoms with Crippen LogP contribution >= 0.6 is 35.6 Å². The van der Waals surface area contributed by atoms with Gasteiger partial charge in [-0.3, -0.25) is 0 Å². The number of aromatic hydroxyl groups is 1. The summed E-state index contributed by atoms with van der Waals surface area (Å²) in [6.07, 6.45) is 0.0153. The summed E-state index contributed by atoms with van der Waals surface area (Å²) in [6.45, 7) is 1.01. The van der Waals surface area contributed by atoms with Gasteiger partial charge >= 0.3 is 0 Å². The van der Waals surface area contributed by atoms with Crippen molar-refractivity contribution in [2.75, 3.05) is 13.1 Å². The number of aliphatic hydroxyl groups excluding tert-OH is 1. The monoisotopic (exact) mass is 501 g/mol. The molecule has 3 aromatic rings. The van der Waals surface area contributed by atoms with Gasteiger partial charge in [-0.2, -0.15) is 0 Å². The van der Waals surface area contributed by atoms with Gasteiger partial charge in [0.2, 0.25) is 9.84 Å². The van der Waals surface area contributed by atoms with E-state index < -0.39 is 15.9 Å². The van der Waals surface area contributed by atoms with Crippen LogP contribution < -0.4 is 5.32 Å². The Morgan fingerprint density at radius 3 is 2.26 bits per heavy atom. The van der Waals surface area contributed by atoms with Crippen molar-refractivity contribution in [3.05, 3.63) is 87.9 Å². The molecule has 3 N–H and O–H groups in total. The lowest BCUT2D eigenvalue weighted by molar-refractivity contribution is 0.175. The largest absolute Gasteiger partial charge is 0.506 e. The number of hydrogen-bond acceptors (Lipinski definition) is 5. The molecule has 0 bridgehead atoms. The Hall–Kier alpha value is -1.80. The predicted molar refractivity (Wildman–Crippen MR) is 125 cm³/mol. The second-order valence-corrected chi connectivity index (χ2v) is 9.58. The Morgan fingerprint density at radius 2 is 1.61 bits per heavy atom. The van der Waals surface area contributed by atoms with Crippen LogP contribution in [-0.4, -0.2) is 31.7 Å². The average molecular weight is 503 g/mol. The van der Waals surface area contributed by atoms with Gasteiger partial charge in [0.1, 0.15) is 5.75 Å². The first-order chi connectivity index (χ1) is 14.3. The lowest BCUT2D eigenvalue weighted by Crippen LogP contribution is -2.23. The third-order valence-corrected chi connectivity index (χ3v) is 6.93. The minimum absolute atomic E-state index is 0. The smallest absolute Gasteiger partial charge is 0.206 e. The number of nitrogens with one attached hydrogen (secondary N) is 1. The minimum atomic E-state index is -3.72. The van der Waals surface area contributed by atoms with E-state index in [1.807, 2.05) is 6.07 Å². The highest BCUT2D eigenvalue weighted by atomic mass is 35.5. The fourth-order valence-corrected chi connectivity index (χ4v) is 4.66. The van der Waals surface area contributed by atoms with Crippen LogP contribution in [0.3, 0.4) is 0 Å². The topological polar surface area (TPSA) is 86.6 Å². The highest BCUT2D eigenvalue weighted by Gasteiger charge is 2.18. The van der Waals surface area contributed by atoms with Crippen molar-refractivity contribution in [2.24, 2.45) is 0 Å². The molecular formula is C22H22Cl3NO4S. The van der Waals surface area contributed by atoms with Gasteiger partial charge in [0.05, 0.1) is 20.9 Å². The van der Waals surface area contributed by atoms with Crippen molar-refractivity contribution in [3.8, 4) is 5.75 Å². The Labute approximate surface area is 198 Å². The first kappa shape index (κ1) is 25.5. The molecule has 9 heteroatoms. The molecule has 31 heavy (non-hydrogen) atoms. The molecule has 5 nitrogen and oxygen atoms in total. The molecule has 0 amide bonds. The van der Waals surface area contributed by atoms with Gasteiger partial charge in [-0.15, -0.1) is 12.4 Å². The summed E-state index contributed by atoms with van der Waals surface area (Å²) in [5.74, 6) is -0.168. The fourth-order valence-electron chi connectivity index (χ4n) is 2.93. The van der Waals surface area contributed by atoms with Crippen LogP contribution in [0.1, 0.15) is 17.2 Å². The van der Waals surface area contributed by atoms with Crippen molar-refractivity contribution in [1.82, 2.24) is 5.32 Å². The van der Waals surface area contributed by atoms with Crippen LogP contribution in [0.4, 0.5) is 0 Å². The van der Waals surface area contributed by atoms with Crippen LogP contribution in [0.25, 0.3) is 0 Å². The van der Waals surface area contributed by atoms with E-state index in [-0.39, 0.29) is 33.0 Å². The highest BCUT2D eigenvalue weighted by molar-refractivity contribution is 7.91. The Morgan fingerprint density at radius 1 is 0.935 bits per heavy atom. The summed E-state index contributed by atoms with van der Waals surface area (Å²) in [6, 6.07) is 17.5. The third kappa shape index (κ3) is 6.59. The Bertz CT molecular complexity index is 1120. The van der Waals surface area contributed by atoms with Gasteiger partial charge in [-0.25, -0.2) is 8.42 Å². The van der Waals surface area contributed by atoms with Crippen LogP contribution in [-0.2, 0) is 16.3 Å². The molecule has 0 saturated heterocycles. The number of aliphatic hydroxyl groups is 1. The molecule has 166 valence electrons. The normalized spacial score (nSPS) is 12.2. The van der Waals surface area contributed by atoms with E-state index in [1.165, 1.54) is 18.2 Å². The van der Waals surface area contributed by atoms with Gasteiger partial charge in [0.25, 0.3) is 0 Å². The van der Waals surface area contributed by atoms with E-state index in [9.17, 15) is 18.6 Å². The van der Waals surface area contributed by atoms with Gasteiger partial charge < -0.3 is 15.5 Å². The standard InChI is InChI=1S/C22H21Cl2NO4S.ClH/c23-17-3-1-2-16(12-17)22(27)14-25-11-10-15-4-6-18(7-5-15)30(28,29)19-8-9-21(26)20(24)13-19;/h1-9,12-13,22,25-27H,10-11,14H2;1H/t22-;/m0./s1. The summed E-state index contributed by atoms with van der Waals surface area (Å²) in [4.78, 5) is 0.173. The molecule has 0 aliphatic heterocycles. The van der Waals surface area contributed by atoms with Gasteiger partial charge in [-0.1, -0.05) is 47.5 Å². The quantitative estimate of drug-likeness (QED) is 0.385. The second kappa shape index (κ2) is 11.2. The molecule has 0 unspecified atom stereocenters. The number of halogens is 3. The van der Waals surface area contributed by atoms with Crippen LogP contribution in [0.2, 0.25) is 10.0 Å². The van der Waals surface area contributed by atoms with E-state index in [1.54, 1.807) is 42.5 Å². The van der Waals surface area contributed by atoms with E-state index >= 15 is 0 Å². The Balaban J connectivity index is 0.00000341. The molecule has 0 saturated carbocycles. The fraction of sp³-hybridized carbons (Fsp3) is 0.182.